The van der Waals surface area contributed by atoms with Gasteiger partial charge in [-0.05, 0) is 12.2 Å². The Balaban J connectivity index is 2.39. The SMILES string of the molecule is C1=CC2C=COC2=N1. The maximum absolute atomic E-state index is 4.98. The monoisotopic (exact) mass is 107 g/mol. The molecule has 1 unspecified atom stereocenters. The van der Waals surface area contributed by atoms with Crippen LogP contribution < -0.4 is 0 Å². The van der Waals surface area contributed by atoms with E-state index in [-0.39, 0.29) is 0 Å². The van der Waals surface area contributed by atoms with E-state index >= 15 is 0 Å². The summed E-state index contributed by atoms with van der Waals surface area (Å²) in [5, 5.41) is 0. The number of rotatable bonds is 0. The van der Waals surface area contributed by atoms with Crippen LogP contribution in [0.2, 0.25) is 0 Å². The zero-order valence-electron chi connectivity index (χ0n) is 4.24. The van der Waals surface area contributed by atoms with E-state index in [0.29, 0.717) is 5.92 Å². The Kier molecular flexibility index (Phi) is 0.592. The molecule has 8 heavy (non-hydrogen) atoms. The standard InChI is InChI=1S/C6H5NO/c1-3-7-6-5(1)2-4-8-6/h1-5H. The first kappa shape index (κ1) is 3.89. The van der Waals surface area contributed by atoms with Crippen LogP contribution in [0.1, 0.15) is 0 Å². The molecule has 40 valence electrons. The molecule has 0 aliphatic carbocycles. The molecule has 0 spiro atoms. The number of hydrogen-bond donors (Lipinski definition) is 0. The van der Waals surface area contributed by atoms with Gasteiger partial charge in [0, 0.05) is 6.20 Å². The third-order valence-electron chi connectivity index (χ3n) is 1.26. The van der Waals surface area contributed by atoms with Crippen molar-refractivity contribution in [3.63, 3.8) is 0 Å². The van der Waals surface area contributed by atoms with Gasteiger partial charge in [0.2, 0.25) is 5.90 Å². The molecule has 2 heteroatoms. The summed E-state index contributed by atoms with van der Waals surface area (Å²) in [7, 11) is 0. The fraction of sp³-hybridized carbons (Fsp3) is 0.167. The summed E-state index contributed by atoms with van der Waals surface area (Å²) in [6.07, 6.45) is 7.41. The lowest BCUT2D eigenvalue weighted by molar-refractivity contribution is 0.479. The second-order valence-electron chi connectivity index (χ2n) is 1.78. The quantitative estimate of drug-likeness (QED) is 0.453. The third-order valence-corrected chi connectivity index (χ3v) is 1.26. The fourth-order valence-corrected chi connectivity index (χ4v) is 0.827. The summed E-state index contributed by atoms with van der Waals surface area (Å²) in [4.78, 5) is 3.95. The van der Waals surface area contributed by atoms with Crippen molar-refractivity contribution in [1.29, 1.82) is 0 Å². The highest BCUT2D eigenvalue weighted by molar-refractivity contribution is 5.87. The van der Waals surface area contributed by atoms with Crippen LogP contribution in [-0.4, -0.2) is 5.90 Å². The Morgan fingerprint density at radius 1 is 1.50 bits per heavy atom. The van der Waals surface area contributed by atoms with Crippen LogP contribution >= 0.6 is 0 Å². The zero-order chi connectivity index (χ0) is 5.40. The Bertz CT molecular complexity index is 191. The predicted octanol–water partition coefficient (Wildman–Crippen LogP) is 1.07. The van der Waals surface area contributed by atoms with Crippen LogP contribution in [0, 0.1) is 5.92 Å². The van der Waals surface area contributed by atoms with Crippen molar-refractivity contribution in [2.45, 2.75) is 0 Å². The zero-order valence-corrected chi connectivity index (χ0v) is 4.24. The molecular formula is C6H5NO. The Hall–Kier alpha value is -1.05. The molecule has 2 heterocycles. The molecule has 0 fully saturated rings. The van der Waals surface area contributed by atoms with Gasteiger partial charge in [-0.1, -0.05) is 0 Å². The van der Waals surface area contributed by atoms with E-state index in [4.69, 9.17) is 4.74 Å². The van der Waals surface area contributed by atoms with Gasteiger partial charge in [0.15, 0.2) is 0 Å². The summed E-state index contributed by atoms with van der Waals surface area (Å²) in [5.41, 5.74) is 0. The van der Waals surface area contributed by atoms with Crippen LogP contribution in [0.5, 0.6) is 0 Å². The van der Waals surface area contributed by atoms with E-state index in [9.17, 15) is 0 Å². The molecule has 0 aromatic heterocycles. The van der Waals surface area contributed by atoms with Crippen LogP contribution in [-0.2, 0) is 4.74 Å². The minimum atomic E-state index is 0.343. The second kappa shape index (κ2) is 1.22. The van der Waals surface area contributed by atoms with Gasteiger partial charge in [0.1, 0.15) is 0 Å². The minimum Gasteiger partial charge on any atom is -0.450 e. The number of aliphatic imine (C=N–C) groups is 1. The lowest BCUT2D eigenvalue weighted by atomic mass is 10.2. The van der Waals surface area contributed by atoms with E-state index < -0.39 is 0 Å². The van der Waals surface area contributed by atoms with Crippen molar-refractivity contribution in [2.75, 3.05) is 0 Å². The first-order valence-electron chi connectivity index (χ1n) is 2.54. The van der Waals surface area contributed by atoms with Crippen molar-refractivity contribution >= 4 is 5.90 Å². The van der Waals surface area contributed by atoms with Crippen molar-refractivity contribution in [3.05, 3.63) is 24.6 Å². The highest BCUT2D eigenvalue weighted by atomic mass is 16.5. The molecule has 0 N–H and O–H groups in total. The van der Waals surface area contributed by atoms with E-state index in [1.54, 1.807) is 12.5 Å². The van der Waals surface area contributed by atoms with Gasteiger partial charge in [-0.15, -0.1) is 0 Å². The molecule has 0 amide bonds. The van der Waals surface area contributed by atoms with E-state index in [2.05, 4.69) is 4.99 Å². The Labute approximate surface area is 47.2 Å². The van der Waals surface area contributed by atoms with Crippen LogP contribution in [0.25, 0.3) is 0 Å². The Morgan fingerprint density at radius 3 is 3.38 bits per heavy atom. The van der Waals surface area contributed by atoms with Crippen molar-refractivity contribution in [3.8, 4) is 0 Å². The average Bonchev–Trinajstić information content (AvgIpc) is 2.15. The van der Waals surface area contributed by atoms with Crippen molar-refractivity contribution in [1.82, 2.24) is 0 Å². The molecule has 0 aromatic carbocycles. The van der Waals surface area contributed by atoms with Gasteiger partial charge < -0.3 is 4.74 Å². The summed E-state index contributed by atoms with van der Waals surface area (Å²) in [6, 6.07) is 0. The van der Waals surface area contributed by atoms with Gasteiger partial charge in [-0.2, -0.15) is 0 Å². The summed E-state index contributed by atoms with van der Waals surface area (Å²) in [6.45, 7) is 0. The Morgan fingerprint density at radius 2 is 2.50 bits per heavy atom. The van der Waals surface area contributed by atoms with Crippen LogP contribution in [0.3, 0.4) is 0 Å². The number of nitrogens with zero attached hydrogens (tertiary/aromatic N) is 1. The molecule has 0 saturated carbocycles. The van der Waals surface area contributed by atoms with E-state index in [1.807, 2.05) is 12.2 Å². The molecule has 2 rings (SSSR count). The molecule has 1 atom stereocenters. The molecule has 0 radical (unpaired) electrons. The molecule has 2 aliphatic rings. The van der Waals surface area contributed by atoms with Crippen LogP contribution in [0.15, 0.2) is 29.6 Å². The maximum atomic E-state index is 4.98. The number of hydrogen-bond acceptors (Lipinski definition) is 2. The molecule has 2 aliphatic heterocycles. The van der Waals surface area contributed by atoms with Gasteiger partial charge in [0.05, 0.1) is 12.2 Å². The third kappa shape index (κ3) is 0.346. The molecule has 0 aromatic rings. The first-order valence-corrected chi connectivity index (χ1v) is 2.54. The summed E-state index contributed by atoms with van der Waals surface area (Å²) < 4.78 is 4.98. The van der Waals surface area contributed by atoms with Crippen molar-refractivity contribution in [2.24, 2.45) is 10.9 Å². The average molecular weight is 107 g/mol. The lowest BCUT2D eigenvalue weighted by Gasteiger charge is -1.92. The number of ether oxygens (including phenoxy) is 1. The maximum Gasteiger partial charge on any atom is 0.204 e. The largest absolute Gasteiger partial charge is 0.450 e. The molecule has 0 bridgehead atoms. The van der Waals surface area contributed by atoms with Gasteiger partial charge in [-0.25, -0.2) is 4.99 Å². The highest BCUT2D eigenvalue weighted by Gasteiger charge is 2.18. The van der Waals surface area contributed by atoms with Gasteiger partial charge in [-0.3, -0.25) is 0 Å². The summed E-state index contributed by atoms with van der Waals surface area (Å²) in [5.74, 6) is 1.15. The molecule has 0 saturated heterocycles. The normalized spacial score (nSPS) is 30.0. The van der Waals surface area contributed by atoms with Crippen molar-refractivity contribution < 1.29 is 4.74 Å². The topological polar surface area (TPSA) is 21.6 Å². The fourth-order valence-electron chi connectivity index (χ4n) is 0.827. The van der Waals surface area contributed by atoms with Crippen LogP contribution in [0.4, 0.5) is 0 Å². The minimum absolute atomic E-state index is 0.343. The smallest absolute Gasteiger partial charge is 0.204 e. The lowest BCUT2D eigenvalue weighted by Crippen LogP contribution is -2.00. The van der Waals surface area contributed by atoms with E-state index in [1.165, 1.54) is 0 Å². The van der Waals surface area contributed by atoms with E-state index in [0.717, 1.165) is 5.90 Å². The number of fused-ring (bicyclic) bond motifs is 1. The molecule has 2 nitrogen and oxygen atoms in total. The molecular weight excluding hydrogens is 102 g/mol. The highest BCUT2D eigenvalue weighted by Crippen LogP contribution is 2.18. The second-order valence-corrected chi connectivity index (χ2v) is 1.78. The van der Waals surface area contributed by atoms with Gasteiger partial charge in [0.25, 0.3) is 0 Å². The first-order chi connectivity index (χ1) is 3.97. The summed E-state index contributed by atoms with van der Waals surface area (Å²) >= 11 is 0. The predicted molar refractivity (Wildman–Crippen MR) is 30.3 cm³/mol. The van der Waals surface area contributed by atoms with Gasteiger partial charge >= 0.3 is 0 Å².